The van der Waals surface area contributed by atoms with E-state index in [0.717, 1.165) is 10.8 Å². The Bertz CT molecular complexity index is 1350. The first-order valence-corrected chi connectivity index (χ1v) is 12.5. The molecule has 0 spiro atoms. The molecule has 0 aliphatic rings. The van der Waals surface area contributed by atoms with Crippen LogP contribution in [0.15, 0.2) is 66.7 Å². The molecule has 39 heavy (non-hydrogen) atoms. The van der Waals surface area contributed by atoms with Gasteiger partial charge < -0.3 is 31.1 Å². The van der Waals surface area contributed by atoms with Gasteiger partial charge in [-0.1, -0.05) is 42.5 Å². The van der Waals surface area contributed by atoms with Crippen LogP contribution in [0.2, 0.25) is 0 Å². The van der Waals surface area contributed by atoms with Crippen molar-refractivity contribution < 1.29 is 29.0 Å². The summed E-state index contributed by atoms with van der Waals surface area (Å²) >= 11 is 0. The van der Waals surface area contributed by atoms with Crippen LogP contribution in [0, 0.1) is 0 Å². The number of aromatic hydroxyl groups is 1. The van der Waals surface area contributed by atoms with Crippen LogP contribution in [-0.2, 0) is 19.1 Å². The van der Waals surface area contributed by atoms with Crippen LogP contribution in [0.3, 0.4) is 0 Å². The second-order valence-corrected chi connectivity index (χ2v) is 10.0. The summed E-state index contributed by atoms with van der Waals surface area (Å²) in [6.45, 7) is 6.71. The second kappa shape index (κ2) is 12.3. The topological polar surface area (TPSA) is 151 Å². The van der Waals surface area contributed by atoms with Gasteiger partial charge in [-0.05, 0) is 68.3 Å². The first kappa shape index (κ1) is 29.0. The molecule has 10 nitrogen and oxygen atoms in total. The number of alkyl carbamates (subject to hydrolysis) is 1. The first-order chi connectivity index (χ1) is 18.4. The Hall–Kier alpha value is -4.60. The summed E-state index contributed by atoms with van der Waals surface area (Å²) in [6.07, 6.45) is -1.40. The zero-order valence-electron chi connectivity index (χ0n) is 22.4. The Morgan fingerprint density at radius 3 is 2.21 bits per heavy atom. The summed E-state index contributed by atoms with van der Waals surface area (Å²) in [5, 5.41) is 17.0. The van der Waals surface area contributed by atoms with Gasteiger partial charge in [0.25, 0.3) is 5.91 Å². The van der Waals surface area contributed by atoms with Gasteiger partial charge in [-0.15, -0.1) is 0 Å². The summed E-state index contributed by atoms with van der Waals surface area (Å²) in [5.41, 5.74) is 5.47. The number of ether oxygens (including phenoxy) is 1. The molecule has 0 bridgehead atoms. The monoisotopic (exact) mass is 534 g/mol. The third-order valence-corrected chi connectivity index (χ3v) is 5.80. The molecule has 0 aromatic heterocycles. The lowest BCUT2D eigenvalue weighted by Crippen LogP contribution is -2.53. The zero-order chi connectivity index (χ0) is 28.7. The first-order valence-electron chi connectivity index (χ1n) is 12.5. The average Bonchev–Trinajstić information content (AvgIpc) is 2.85. The number of amides is 4. The Labute approximate surface area is 227 Å². The van der Waals surface area contributed by atoms with Crippen LogP contribution in [0.4, 0.5) is 10.5 Å². The predicted molar refractivity (Wildman–Crippen MR) is 148 cm³/mol. The molecule has 0 heterocycles. The molecule has 0 aliphatic heterocycles. The SMILES string of the molecule is CCN(C(=O)C(CC(N)=O)NC(=O)OC(C)(C)C)C(C(=O)Nc1ccc2ccccc2c1)c1ccc(O)cc1. The minimum atomic E-state index is -1.37. The molecule has 3 aromatic carbocycles. The van der Waals surface area contributed by atoms with Gasteiger partial charge in [0, 0.05) is 12.2 Å². The van der Waals surface area contributed by atoms with Gasteiger partial charge in [0.05, 0.1) is 6.42 Å². The molecule has 0 radical (unpaired) electrons. The van der Waals surface area contributed by atoms with Crippen LogP contribution in [0.25, 0.3) is 10.8 Å². The van der Waals surface area contributed by atoms with E-state index in [9.17, 15) is 24.3 Å². The van der Waals surface area contributed by atoms with E-state index in [-0.39, 0.29) is 12.3 Å². The maximum Gasteiger partial charge on any atom is 0.408 e. The molecule has 3 rings (SSSR count). The van der Waals surface area contributed by atoms with Crippen molar-refractivity contribution in [2.45, 2.75) is 51.8 Å². The summed E-state index contributed by atoms with van der Waals surface area (Å²) < 4.78 is 5.25. The maximum absolute atomic E-state index is 13.7. The number of primary amides is 1. The van der Waals surface area contributed by atoms with E-state index in [1.807, 2.05) is 36.4 Å². The average molecular weight is 535 g/mol. The summed E-state index contributed by atoms with van der Waals surface area (Å²) in [5.74, 6) is -2.06. The lowest BCUT2D eigenvalue weighted by Gasteiger charge is -2.33. The summed E-state index contributed by atoms with van der Waals surface area (Å²) in [6, 6.07) is 16.5. The number of rotatable bonds is 9. The molecule has 0 fully saturated rings. The van der Waals surface area contributed by atoms with Gasteiger partial charge in [-0.2, -0.15) is 0 Å². The Morgan fingerprint density at radius 1 is 0.974 bits per heavy atom. The van der Waals surface area contributed by atoms with Crippen LogP contribution >= 0.6 is 0 Å². The highest BCUT2D eigenvalue weighted by Gasteiger charge is 2.36. The predicted octanol–water partition coefficient (Wildman–Crippen LogP) is 3.84. The number of hydrogen-bond donors (Lipinski definition) is 4. The molecular weight excluding hydrogens is 500 g/mol. The van der Waals surface area contributed by atoms with E-state index in [4.69, 9.17) is 10.5 Å². The fourth-order valence-electron chi connectivity index (χ4n) is 4.12. The molecule has 0 saturated carbocycles. The molecule has 2 atom stereocenters. The normalized spacial score (nSPS) is 12.7. The molecule has 5 N–H and O–H groups in total. The summed E-state index contributed by atoms with van der Waals surface area (Å²) in [4.78, 5) is 53.0. The molecule has 3 aromatic rings. The largest absolute Gasteiger partial charge is 0.508 e. The van der Waals surface area contributed by atoms with E-state index in [1.54, 1.807) is 33.8 Å². The van der Waals surface area contributed by atoms with Gasteiger partial charge in [0.1, 0.15) is 23.4 Å². The number of carbonyl (C=O) groups is 4. The highest BCUT2D eigenvalue weighted by Crippen LogP contribution is 2.27. The van der Waals surface area contributed by atoms with Crippen LogP contribution in [-0.4, -0.2) is 52.0 Å². The number of likely N-dealkylation sites (N-methyl/N-ethyl adjacent to an activating group) is 1. The number of nitrogens with two attached hydrogens (primary N) is 1. The number of nitrogens with one attached hydrogen (secondary N) is 2. The lowest BCUT2D eigenvalue weighted by molar-refractivity contribution is -0.141. The van der Waals surface area contributed by atoms with Gasteiger partial charge >= 0.3 is 6.09 Å². The molecule has 0 aliphatic carbocycles. The third-order valence-electron chi connectivity index (χ3n) is 5.80. The highest BCUT2D eigenvalue weighted by molar-refractivity contribution is 6.01. The van der Waals surface area contributed by atoms with E-state index in [1.165, 1.54) is 29.2 Å². The number of phenolic OH excluding ortho intramolecular Hbond substituents is 1. The van der Waals surface area contributed by atoms with Gasteiger partial charge in [0.2, 0.25) is 11.8 Å². The van der Waals surface area contributed by atoms with Crippen molar-refractivity contribution in [1.82, 2.24) is 10.2 Å². The van der Waals surface area contributed by atoms with Gasteiger partial charge in [0.15, 0.2) is 0 Å². The van der Waals surface area contributed by atoms with Crippen molar-refractivity contribution in [3.8, 4) is 5.75 Å². The minimum Gasteiger partial charge on any atom is -0.508 e. The van der Waals surface area contributed by atoms with Crippen LogP contribution in [0.5, 0.6) is 5.75 Å². The van der Waals surface area contributed by atoms with Crippen molar-refractivity contribution >= 4 is 40.3 Å². The summed E-state index contributed by atoms with van der Waals surface area (Å²) in [7, 11) is 0. The van der Waals surface area contributed by atoms with Crippen molar-refractivity contribution in [3.05, 3.63) is 72.3 Å². The molecular formula is C29H34N4O6. The number of nitrogens with zero attached hydrogens (tertiary/aromatic N) is 1. The van der Waals surface area contributed by atoms with Crippen molar-refractivity contribution in [2.75, 3.05) is 11.9 Å². The molecule has 10 heteroatoms. The van der Waals surface area contributed by atoms with E-state index in [0.29, 0.717) is 11.3 Å². The molecule has 4 amide bonds. The second-order valence-electron chi connectivity index (χ2n) is 10.0. The smallest absolute Gasteiger partial charge is 0.408 e. The standard InChI is InChI=1S/C29H34N4O6/c1-5-33(27(37)23(17-24(30)35)32-28(38)39-29(2,3)4)25(19-11-14-22(34)15-12-19)26(36)31-21-13-10-18-8-6-7-9-20(18)16-21/h6-16,23,25,34H,5,17H2,1-4H3,(H2,30,35)(H,31,36)(H,32,38). The number of phenols is 1. The Morgan fingerprint density at radius 2 is 1.62 bits per heavy atom. The van der Waals surface area contributed by atoms with E-state index in [2.05, 4.69) is 10.6 Å². The van der Waals surface area contributed by atoms with E-state index >= 15 is 0 Å². The molecule has 2 unspecified atom stereocenters. The fraction of sp³-hybridized carbons (Fsp3) is 0.310. The number of anilines is 1. The number of benzene rings is 3. The van der Waals surface area contributed by atoms with Crippen molar-refractivity contribution in [2.24, 2.45) is 5.73 Å². The molecule has 0 saturated heterocycles. The number of hydrogen-bond acceptors (Lipinski definition) is 6. The van der Waals surface area contributed by atoms with Gasteiger partial charge in [-0.3, -0.25) is 14.4 Å². The van der Waals surface area contributed by atoms with Crippen LogP contribution < -0.4 is 16.4 Å². The van der Waals surface area contributed by atoms with Crippen LogP contribution in [0.1, 0.15) is 45.7 Å². The van der Waals surface area contributed by atoms with Crippen molar-refractivity contribution in [1.29, 1.82) is 0 Å². The number of fused-ring (bicyclic) bond motifs is 1. The Kier molecular flexibility index (Phi) is 9.13. The minimum absolute atomic E-state index is 0.0139. The van der Waals surface area contributed by atoms with Crippen molar-refractivity contribution in [3.63, 3.8) is 0 Å². The van der Waals surface area contributed by atoms with Gasteiger partial charge in [-0.25, -0.2) is 4.79 Å². The lowest BCUT2D eigenvalue weighted by atomic mass is 10.0. The zero-order valence-corrected chi connectivity index (χ0v) is 22.4. The fourth-order valence-corrected chi connectivity index (χ4v) is 4.12. The quantitative estimate of drug-likeness (QED) is 0.327. The van der Waals surface area contributed by atoms with E-state index < -0.39 is 47.9 Å². The Balaban J connectivity index is 1.96. The third kappa shape index (κ3) is 7.94. The number of carbonyl (C=O) groups excluding carboxylic acids is 4. The maximum atomic E-state index is 13.7. The molecule has 206 valence electrons. The highest BCUT2D eigenvalue weighted by atomic mass is 16.6.